The Balaban J connectivity index is 1.87. The van der Waals surface area contributed by atoms with Gasteiger partial charge in [-0.1, -0.05) is 6.92 Å². The van der Waals surface area contributed by atoms with Crippen LogP contribution in [0, 0.1) is 5.92 Å². The SMILES string of the molecule is CCCN1CCCN(C(=O)CC2CC2)CC1=O. The molecule has 0 aromatic heterocycles. The van der Waals surface area contributed by atoms with Crippen LogP contribution in [0.1, 0.15) is 39.0 Å². The Kier molecular flexibility index (Phi) is 4.02. The predicted molar refractivity (Wildman–Crippen MR) is 65.4 cm³/mol. The van der Waals surface area contributed by atoms with Crippen LogP contribution < -0.4 is 0 Å². The van der Waals surface area contributed by atoms with Crippen LogP contribution in [0.2, 0.25) is 0 Å². The lowest BCUT2D eigenvalue weighted by atomic mass is 10.2. The van der Waals surface area contributed by atoms with E-state index in [1.807, 2.05) is 4.90 Å². The molecule has 1 heterocycles. The van der Waals surface area contributed by atoms with Crippen molar-refractivity contribution in [3.8, 4) is 0 Å². The molecule has 1 saturated carbocycles. The van der Waals surface area contributed by atoms with Crippen LogP contribution in [-0.4, -0.2) is 47.8 Å². The van der Waals surface area contributed by atoms with Gasteiger partial charge >= 0.3 is 0 Å². The molecular weight excluding hydrogens is 216 g/mol. The minimum atomic E-state index is 0.119. The molecule has 96 valence electrons. The van der Waals surface area contributed by atoms with E-state index in [1.165, 1.54) is 12.8 Å². The molecule has 0 aromatic carbocycles. The van der Waals surface area contributed by atoms with Crippen molar-refractivity contribution >= 4 is 11.8 Å². The van der Waals surface area contributed by atoms with E-state index in [0.29, 0.717) is 18.9 Å². The maximum absolute atomic E-state index is 12.0. The fourth-order valence-electron chi connectivity index (χ4n) is 2.34. The first-order chi connectivity index (χ1) is 8.20. The van der Waals surface area contributed by atoms with Crippen LogP contribution in [0.4, 0.5) is 0 Å². The Bertz CT molecular complexity index is 300. The van der Waals surface area contributed by atoms with E-state index >= 15 is 0 Å². The highest BCUT2D eigenvalue weighted by atomic mass is 16.2. The highest BCUT2D eigenvalue weighted by Crippen LogP contribution is 2.32. The molecule has 0 bridgehead atoms. The zero-order valence-electron chi connectivity index (χ0n) is 10.7. The van der Waals surface area contributed by atoms with Crippen LogP contribution in [-0.2, 0) is 9.59 Å². The van der Waals surface area contributed by atoms with Crippen LogP contribution in [0.5, 0.6) is 0 Å². The summed E-state index contributed by atoms with van der Waals surface area (Å²) in [6, 6.07) is 0. The average molecular weight is 238 g/mol. The Hall–Kier alpha value is -1.06. The average Bonchev–Trinajstić information content (AvgIpc) is 3.09. The van der Waals surface area contributed by atoms with Crippen molar-refractivity contribution in [3.05, 3.63) is 0 Å². The van der Waals surface area contributed by atoms with E-state index in [4.69, 9.17) is 0 Å². The molecule has 4 nitrogen and oxygen atoms in total. The molecule has 1 aliphatic heterocycles. The first-order valence-corrected chi connectivity index (χ1v) is 6.76. The Morgan fingerprint density at radius 3 is 2.76 bits per heavy atom. The minimum absolute atomic E-state index is 0.119. The highest BCUT2D eigenvalue weighted by molar-refractivity contribution is 5.85. The summed E-state index contributed by atoms with van der Waals surface area (Å²) in [5, 5.41) is 0. The molecule has 0 N–H and O–H groups in total. The number of hydrogen-bond acceptors (Lipinski definition) is 2. The van der Waals surface area contributed by atoms with E-state index in [9.17, 15) is 9.59 Å². The van der Waals surface area contributed by atoms with Crippen molar-refractivity contribution < 1.29 is 9.59 Å². The summed E-state index contributed by atoms with van der Waals surface area (Å²) >= 11 is 0. The molecule has 1 aliphatic carbocycles. The van der Waals surface area contributed by atoms with Gasteiger partial charge in [-0.05, 0) is 31.6 Å². The van der Waals surface area contributed by atoms with E-state index in [0.717, 1.165) is 32.5 Å². The molecule has 2 rings (SSSR count). The largest absolute Gasteiger partial charge is 0.341 e. The van der Waals surface area contributed by atoms with Crippen molar-refractivity contribution in [2.24, 2.45) is 5.92 Å². The second-order valence-corrected chi connectivity index (χ2v) is 5.20. The van der Waals surface area contributed by atoms with E-state index in [2.05, 4.69) is 6.92 Å². The number of carbonyl (C=O) groups is 2. The first kappa shape index (κ1) is 12.4. The lowest BCUT2D eigenvalue weighted by molar-refractivity contribution is -0.138. The van der Waals surface area contributed by atoms with Crippen LogP contribution in [0.3, 0.4) is 0 Å². The minimum Gasteiger partial charge on any atom is -0.341 e. The zero-order valence-corrected chi connectivity index (χ0v) is 10.7. The maximum Gasteiger partial charge on any atom is 0.242 e. The van der Waals surface area contributed by atoms with Crippen molar-refractivity contribution in [3.63, 3.8) is 0 Å². The van der Waals surface area contributed by atoms with E-state index in [-0.39, 0.29) is 11.8 Å². The molecule has 2 aliphatic rings. The predicted octanol–water partition coefficient (Wildman–Crippen LogP) is 1.26. The van der Waals surface area contributed by atoms with Gasteiger partial charge in [-0.15, -0.1) is 0 Å². The maximum atomic E-state index is 12.0. The lowest BCUT2D eigenvalue weighted by Gasteiger charge is -2.21. The second-order valence-electron chi connectivity index (χ2n) is 5.20. The number of nitrogens with zero attached hydrogens (tertiary/aromatic N) is 2. The summed E-state index contributed by atoms with van der Waals surface area (Å²) < 4.78 is 0. The van der Waals surface area contributed by atoms with Crippen LogP contribution in [0.15, 0.2) is 0 Å². The quantitative estimate of drug-likeness (QED) is 0.739. The van der Waals surface area contributed by atoms with Gasteiger partial charge in [0.2, 0.25) is 11.8 Å². The topological polar surface area (TPSA) is 40.6 Å². The van der Waals surface area contributed by atoms with E-state index in [1.54, 1.807) is 4.90 Å². The number of rotatable bonds is 4. The Labute approximate surface area is 103 Å². The van der Waals surface area contributed by atoms with Gasteiger partial charge in [-0.3, -0.25) is 9.59 Å². The lowest BCUT2D eigenvalue weighted by Crippen LogP contribution is -2.39. The van der Waals surface area contributed by atoms with Gasteiger partial charge in [0.15, 0.2) is 0 Å². The fraction of sp³-hybridized carbons (Fsp3) is 0.846. The van der Waals surface area contributed by atoms with Gasteiger partial charge in [-0.2, -0.15) is 0 Å². The first-order valence-electron chi connectivity index (χ1n) is 6.76. The molecular formula is C13H22N2O2. The third-order valence-electron chi connectivity index (χ3n) is 3.54. The van der Waals surface area contributed by atoms with Gasteiger partial charge in [0, 0.05) is 26.1 Å². The van der Waals surface area contributed by atoms with Crippen molar-refractivity contribution in [2.75, 3.05) is 26.2 Å². The summed E-state index contributed by atoms with van der Waals surface area (Å²) in [5.74, 6) is 0.903. The van der Waals surface area contributed by atoms with Crippen molar-refractivity contribution in [1.82, 2.24) is 9.80 Å². The summed E-state index contributed by atoms with van der Waals surface area (Å²) in [4.78, 5) is 27.6. The molecule has 17 heavy (non-hydrogen) atoms. The highest BCUT2D eigenvalue weighted by Gasteiger charge is 2.29. The number of amides is 2. The normalized spacial score (nSPS) is 21.6. The summed E-state index contributed by atoms with van der Waals surface area (Å²) in [5.41, 5.74) is 0. The third kappa shape index (κ3) is 3.45. The zero-order chi connectivity index (χ0) is 12.3. The molecule has 0 spiro atoms. The smallest absolute Gasteiger partial charge is 0.242 e. The van der Waals surface area contributed by atoms with Gasteiger partial charge in [-0.25, -0.2) is 0 Å². The molecule has 0 aromatic rings. The summed E-state index contributed by atoms with van der Waals surface area (Å²) in [7, 11) is 0. The van der Waals surface area contributed by atoms with Gasteiger partial charge in [0.05, 0.1) is 6.54 Å². The standard InChI is InChI=1S/C13H22N2O2/c1-2-6-14-7-3-8-15(10-13(14)17)12(16)9-11-4-5-11/h11H,2-10H2,1H3. The van der Waals surface area contributed by atoms with Gasteiger partial charge in [0.1, 0.15) is 0 Å². The van der Waals surface area contributed by atoms with Crippen molar-refractivity contribution in [1.29, 1.82) is 0 Å². The Morgan fingerprint density at radius 1 is 1.35 bits per heavy atom. The molecule has 4 heteroatoms. The molecule has 2 fully saturated rings. The molecule has 0 unspecified atom stereocenters. The fourth-order valence-corrected chi connectivity index (χ4v) is 2.34. The second kappa shape index (κ2) is 5.52. The number of hydrogen-bond donors (Lipinski definition) is 0. The third-order valence-corrected chi connectivity index (χ3v) is 3.54. The van der Waals surface area contributed by atoms with Crippen LogP contribution in [0.25, 0.3) is 0 Å². The van der Waals surface area contributed by atoms with E-state index < -0.39 is 0 Å². The van der Waals surface area contributed by atoms with Gasteiger partial charge in [0.25, 0.3) is 0 Å². The summed E-state index contributed by atoms with van der Waals surface area (Å²) in [6.45, 7) is 4.75. The van der Waals surface area contributed by atoms with Gasteiger partial charge < -0.3 is 9.80 Å². The molecule has 2 amide bonds. The molecule has 1 saturated heterocycles. The monoisotopic (exact) mass is 238 g/mol. The van der Waals surface area contributed by atoms with Crippen molar-refractivity contribution in [2.45, 2.75) is 39.0 Å². The summed E-state index contributed by atoms with van der Waals surface area (Å²) in [6.07, 6.45) is 4.94. The molecule has 0 atom stereocenters. The molecule has 0 radical (unpaired) electrons. The number of carbonyl (C=O) groups excluding carboxylic acids is 2. The van der Waals surface area contributed by atoms with Crippen LogP contribution >= 0.6 is 0 Å². The Morgan fingerprint density at radius 2 is 2.12 bits per heavy atom.